The van der Waals surface area contributed by atoms with Gasteiger partial charge in [0.05, 0.1) is 12.6 Å². The second-order valence-corrected chi connectivity index (χ2v) is 4.19. The van der Waals surface area contributed by atoms with Crippen LogP contribution in [0, 0.1) is 5.82 Å². The third-order valence-corrected chi connectivity index (χ3v) is 2.62. The Kier molecular flexibility index (Phi) is 6.02. The molecule has 0 saturated heterocycles. The molecule has 0 spiro atoms. The first-order chi connectivity index (χ1) is 9.04. The van der Waals surface area contributed by atoms with Gasteiger partial charge in [0.25, 0.3) is 0 Å². The highest BCUT2D eigenvalue weighted by molar-refractivity contribution is 5.81. The lowest BCUT2D eigenvalue weighted by atomic mass is 10.2. The summed E-state index contributed by atoms with van der Waals surface area (Å²) in [6.45, 7) is 4.29. The van der Waals surface area contributed by atoms with Crippen LogP contribution in [-0.2, 0) is 4.79 Å². The Morgan fingerprint density at radius 1 is 1.53 bits per heavy atom. The quantitative estimate of drug-likeness (QED) is 0.762. The summed E-state index contributed by atoms with van der Waals surface area (Å²) in [5.74, 6) is 0.107. The summed E-state index contributed by atoms with van der Waals surface area (Å²) in [6, 6.07) is 5.17. The first kappa shape index (κ1) is 15.2. The molecule has 0 aliphatic carbocycles. The van der Waals surface area contributed by atoms with Gasteiger partial charge in [-0.15, -0.1) is 6.58 Å². The Balaban J connectivity index is 2.34. The van der Waals surface area contributed by atoms with E-state index in [0.717, 1.165) is 0 Å². The molecule has 1 unspecified atom stereocenters. The van der Waals surface area contributed by atoms with Crippen molar-refractivity contribution in [2.45, 2.75) is 12.5 Å². The van der Waals surface area contributed by atoms with Crippen molar-refractivity contribution in [3.63, 3.8) is 0 Å². The molecule has 1 rings (SSSR count). The number of carbonyl (C=O) groups excluding carboxylic acids is 1. The third kappa shape index (κ3) is 5.09. The monoisotopic (exact) mass is 266 g/mol. The van der Waals surface area contributed by atoms with E-state index in [1.807, 2.05) is 0 Å². The number of rotatable bonds is 7. The number of halogens is 1. The van der Waals surface area contributed by atoms with Crippen molar-refractivity contribution in [2.24, 2.45) is 5.73 Å². The van der Waals surface area contributed by atoms with Crippen molar-refractivity contribution in [3.8, 4) is 5.75 Å². The Bertz CT molecular complexity index is 420. The largest absolute Gasteiger partial charge is 0.492 e. The van der Waals surface area contributed by atoms with Crippen molar-refractivity contribution in [1.82, 2.24) is 4.90 Å². The van der Waals surface area contributed by atoms with Crippen LogP contribution < -0.4 is 10.5 Å². The summed E-state index contributed by atoms with van der Waals surface area (Å²) in [6.07, 6.45) is 2.06. The molecule has 0 radical (unpaired) electrons. The number of carbonyl (C=O) groups is 1. The molecule has 1 aromatic carbocycles. The van der Waals surface area contributed by atoms with Crippen molar-refractivity contribution < 1.29 is 13.9 Å². The highest BCUT2D eigenvalue weighted by Gasteiger charge is 2.16. The molecule has 19 heavy (non-hydrogen) atoms. The van der Waals surface area contributed by atoms with Gasteiger partial charge in [0.2, 0.25) is 5.91 Å². The van der Waals surface area contributed by atoms with Gasteiger partial charge < -0.3 is 15.4 Å². The van der Waals surface area contributed by atoms with Crippen LogP contribution in [0.15, 0.2) is 36.9 Å². The fraction of sp³-hybridized carbons (Fsp3) is 0.357. The second kappa shape index (κ2) is 7.53. The van der Waals surface area contributed by atoms with E-state index in [4.69, 9.17) is 10.5 Å². The number of likely N-dealkylation sites (N-methyl/N-ethyl adjacent to an activating group) is 1. The molecule has 0 aromatic heterocycles. The number of nitrogens with zero attached hydrogens (tertiary/aromatic N) is 1. The van der Waals surface area contributed by atoms with Gasteiger partial charge in [-0.25, -0.2) is 4.39 Å². The predicted molar refractivity (Wildman–Crippen MR) is 72.3 cm³/mol. The van der Waals surface area contributed by atoms with Gasteiger partial charge in [0, 0.05) is 7.05 Å². The summed E-state index contributed by atoms with van der Waals surface area (Å²) in [4.78, 5) is 13.3. The fourth-order valence-electron chi connectivity index (χ4n) is 1.50. The van der Waals surface area contributed by atoms with Gasteiger partial charge in [-0.1, -0.05) is 6.08 Å². The van der Waals surface area contributed by atoms with E-state index in [1.54, 1.807) is 25.3 Å². The summed E-state index contributed by atoms with van der Waals surface area (Å²) < 4.78 is 18.1. The van der Waals surface area contributed by atoms with Gasteiger partial charge in [-0.3, -0.25) is 4.79 Å². The number of nitrogens with two attached hydrogens (primary N) is 1. The Labute approximate surface area is 112 Å². The lowest BCUT2D eigenvalue weighted by Crippen LogP contribution is -2.42. The van der Waals surface area contributed by atoms with Crippen LogP contribution in [0.3, 0.4) is 0 Å². The molecular weight excluding hydrogens is 247 g/mol. The van der Waals surface area contributed by atoms with Crippen LogP contribution in [0.2, 0.25) is 0 Å². The van der Waals surface area contributed by atoms with Gasteiger partial charge >= 0.3 is 0 Å². The lowest BCUT2D eigenvalue weighted by Gasteiger charge is -2.20. The topological polar surface area (TPSA) is 55.6 Å². The molecule has 4 nitrogen and oxygen atoms in total. The molecular formula is C14H19FN2O2. The van der Waals surface area contributed by atoms with Gasteiger partial charge in [0.15, 0.2) is 0 Å². The molecule has 0 heterocycles. The van der Waals surface area contributed by atoms with Crippen molar-refractivity contribution in [1.29, 1.82) is 0 Å². The highest BCUT2D eigenvalue weighted by atomic mass is 19.1. The Hall–Kier alpha value is -1.88. The third-order valence-electron chi connectivity index (χ3n) is 2.62. The van der Waals surface area contributed by atoms with E-state index in [9.17, 15) is 9.18 Å². The number of ether oxygens (including phenoxy) is 1. The smallest absolute Gasteiger partial charge is 0.239 e. The molecule has 0 saturated carbocycles. The van der Waals surface area contributed by atoms with Crippen LogP contribution in [0.1, 0.15) is 6.42 Å². The molecule has 104 valence electrons. The van der Waals surface area contributed by atoms with E-state index in [1.165, 1.54) is 17.0 Å². The number of benzene rings is 1. The zero-order chi connectivity index (χ0) is 14.3. The normalized spacial score (nSPS) is 11.7. The van der Waals surface area contributed by atoms with Crippen LogP contribution >= 0.6 is 0 Å². The average Bonchev–Trinajstić information content (AvgIpc) is 2.40. The molecule has 0 aliphatic heterocycles. The Morgan fingerprint density at radius 2 is 2.16 bits per heavy atom. The van der Waals surface area contributed by atoms with Gasteiger partial charge in [-0.2, -0.15) is 0 Å². The van der Waals surface area contributed by atoms with Crippen LogP contribution in [0.4, 0.5) is 4.39 Å². The minimum atomic E-state index is -0.562. The molecule has 1 aromatic rings. The fourth-order valence-corrected chi connectivity index (χ4v) is 1.50. The van der Waals surface area contributed by atoms with Crippen molar-refractivity contribution in [2.75, 3.05) is 20.2 Å². The molecule has 1 atom stereocenters. The molecule has 0 fully saturated rings. The van der Waals surface area contributed by atoms with E-state index in [0.29, 0.717) is 25.3 Å². The SMILES string of the molecule is C=CCC(N)C(=O)N(C)CCOc1ccc(F)cc1. The van der Waals surface area contributed by atoms with E-state index in [2.05, 4.69) is 6.58 Å². The highest BCUT2D eigenvalue weighted by Crippen LogP contribution is 2.10. The standard InChI is InChI=1S/C14H19FN2O2/c1-3-4-13(16)14(18)17(2)9-10-19-12-7-5-11(15)6-8-12/h3,5-8,13H,1,4,9-10,16H2,2H3. The summed E-state index contributed by atoms with van der Waals surface area (Å²) >= 11 is 0. The van der Waals surface area contributed by atoms with Crippen LogP contribution in [-0.4, -0.2) is 37.0 Å². The Morgan fingerprint density at radius 3 is 2.74 bits per heavy atom. The lowest BCUT2D eigenvalue weighted by molar-refractivity contribution is -0.131. The second-order valence-electron chi connectivity index (χ2n) is 4.19. The number of amides is 1. The van der Waals surface area contributed by atoms with Crippen molar-refractivity contribution in [3.05, 3.63) is 42.7 Å². The number of hydrogen-bond acceptors (Lipinski definition) is 3. The van der Waals surface area contributed by atoms with E-state index >= 15 is 0 Å². The van der Waals surface area contributed by atoms with E-state index in [-0.39, 0.29) is 11.7 Å². The van der Waals surface area contributed by atoms with E-state index < -0.39 is 6.04 Å². The van der Waals surface area contributed by atoms with Crippen LogP contribution in [0.5, 0.6) is 5.75 Å². The number of hydrogen-bond donors (Lipinski definition) is 1. The maximum atomic E-state index is 12.7. The first-order valence-corrected chi connectivity index (χ1v) is 6.04. The zero-order valence-corrected chi connectivity index (χ0v) is 11.0. The average molecular weight is 266 g/mol. The van der Waals surface area contributed by atoms with Gasteiger partial charge in [0.1, 0.15) is 18.2 Å². The predicted octanol–water partition coefficient (Wildman–Crippen LogP) is 1.57. The summed E-state index contributed by atoms with van der Waals surface area (Å²) in [5.41, 5.74) is 5.68. The maximum absolute atomic E-state index is 12.7. The summed E-state index contributed by atoms with van der Waals surface area (Å²) in [5, 5.41) is 0. The molecule has 2 N–H and O–H groups in total. The minimum absolute atomic E-state index is 0.150. The van der Waals surface area contributed by atoms with Crippen LogP contribution in [0.25, 0.3) is 0 Å². The molecule has 0 aliphatic rings. The zero-order valence-electron chi connectivity index (χ0n) is 11.0. The minimum Gasteiger partial charge on any atom is -0.492 e. The molecule has 0 bridgehead atoms. The maximum Gasteiger partial charge on any atom is 0.239 e. The summed E-state index contributed by atoms with van der Waals surface area (Å²) in [7, 11) is 1.67. The molecule has 1 amide bonds. The van der Waals surface area contributed by atoms with Crippen molar-refractivity contribution >= 4 is 5.91 Å². The van der Waals surface area contributed by atoms with Gasteiger partial charge in [-0.05, 0) is 30.7 Å². The first-order valence-electron chi connectivity index (χ1n) is 6.04. The molecule has 5 heteroatoms.